The molecule has 0 unspecified atom stereocenters. The molecule has 4 heteroatoms. The molecule has 1 amide bonds. The van der Waals surface area contributed by atoms with Crippen molar-refractivity contribution in [2.45, 2.75) is 27.2 Å². The van der Waals surface area contributed by atoms with Crippen LogP contribution >= 0.6 is 0 Å². The van der Waals surface area contributed by atoms with Crippen LogP contribution in [-0.2, 0) is 4.79 Å². The molecular weight excluding hydrogens is 242 g/mol. The zero-order chi connectivity index (χ0) is 14.0. The summed E-state index contributed by atoms with van der Waals surface area (Å²) in [5.74, 6) is -0.0239. The summed E-state index contributed by atoms with van der Waals surface area (Å²) in [6, 6.07) is 8.25. The molecular formula is C15H17NO3. The molecule has 2 rings (SSSR count). The van der Waals surface area contributed by atoms with Crippen LogP contribution in [0, 0.1) is 5.41 Å². The number of hydrogen-bond acceptors (Lipinski definition) is 3. The Bertz CT molecular complexity index is 665. The van der Waals surface area contributed by atoms with E-state index in [1.165, 1.54) is 6.07 Å². The fourth-order valence-electron chi connectivity index (χ4n) is 1.84. The predicted octanol–water partition coefficient (Wildman–Crippen LogP) is 3.17. The quantitative estimate of drug-likeness (QED) is 0.843. The summed E-state index contributed by atoms with van der Waals surface area (Å²) < 4.78 is 5.03. The molecule has 0 saturated carbocycles. The summed E-state index contributed by atoms with van der Waals surface area (Å²) in [5.41, 5.74) is 0.794. The van der Waals surface area contributed by atoms with Crippen molar-refractivity contribution in [3.63, 3.8) is 0 Å². The van der Waals surface area contributed by atoms with Crippen LogP contribution in [0.4, 0.5) is 5.69 Å². The highest BCUT2D eigenvalue weighted by molar-refractivity contribution is 5.93. The van der Waals surface area contributed by atoms with Gasteiger partial charge in [0.1, 0.15) is 5.58 Å². The lowest BCUT2D eigenvalue weighted by atomic mass is 9.92. The zero-order valence-electron chi connectivity index (χ0n) is 11.3. The highest BCUT2D eigenvalue weighted by Gasteiger charge is 2.16. The monoisotopic (exact) mass is 259 g/mol. The van der Waals surface area contributed by atoms with E-state index in [2.05, 4.69) is 5.32 Å². The minimum atomic E-state index is -0.378. The van der Waals surface area contributed by atoms with E-state index in [0.29, 0.717) is 17.7 Å². The molecule has 1 heterocycles. The van der Waals surface area contributed by atoms with Crippen LogP contribution < -0.4 is 10.9 Å². The largest absolute Gasteiger partial charge is 0.423 e. The number of carbonyl (C=O) groups is 1. The third-order valence-corrected chi connectivity index (χ3v) is 2.59. The summed E-state index contributed by atoms with van der Waals surface area (Å²) in [4.78, 5) is 22.9. The minimum absolute atomic E-state index is 0.0239. The predicted molar refractivity (Wildman–Crippen MR) is 75.2 cm³/mol. The molecule has 100 valence electrons. The maximum Gasteiger partial charge on any atom is 0.336 e. The number of benzene rings is 1. The van der Waals surface area contributed by atoms with Gasteiger partial charge in [-0.3, -0.25) is 4.79 Å². The van der Waals surface area contributed by atoms with E-state index in [0.717, 1.165) is 5.39 Å². The molecule has 0 atom stereocenters. The highest BCUT2D eigenvalue weighted by Crippen LogP contribution is 2.21. The van der Waals surface area contributed by atoms with E-state index < -0.39 is 0 Å². The first-order valence-corrected chi connectivity index (χ1v) is 6.17. The van der Waals surface area contributed by atoms with Gasteiger partial charge in [-0.1, -0.05) is 20.8 Å². The Labute approximate surface area is 111 Å². The average Bonchev–Trinajstić information content (AvgIpc) is 2.26. The number of rotatable bonds is 2. The topological polar surface area (TPSA) is 59.3 Å². The van der Waals surface area contributed by atoms with Gasteiger partial charge in [-0.15, -0.1) is 0 Å². The number of amides is 1. The summed E-state index contributed by atoms with van der Waals surface area (Å²) >= 11 is 0. The van der Waals surface area contributed by atoms with Gasteiger partial charge in [0.05, 0.1) is 0 Å². The lowest BCUT2D eigenvalue weighted by Crippen LogP contribution is -2.19. The molecule has 4 nitrogen and oxygen atoms in total. The van der Waals surface area contributed by atoms with Crippen molar-refractivity contribution in [3.05, 3.63) is 40.8 Å². The van der Waals surface area contributed by atoms with E-state index in [1.54, 1.807) is 24.3 Å². The molecule has 0 fully saturated rings. The molecule has 1 aromatic heterocycles. The van der Waals surface area contributed by atoms with Crippen molar-refractivity contribution < 1.29 is 9.21 Å². The fraction of sp³-hybridized carbons (Fsp3) is 0.333. The first-order chi connectivity index (χ1) is 8.83. The van der Waals surface area contributed by atoms with Gasteiger partial charge in [-0.2, -0.15) is 0 Å². The van der Waals surface area contributed by atoms with Crippen LogP contribution in [0.2, 0.25) is 0 Å². The third kappa shape index (κ3) is 3.68. The number of hydrogen-bond donors (Lipinski definition) is 1. The average molecular weight is 259 g/mol. The molecule has 0 spiro atoms. The standard InChI is InChI=1S/C15H17NO3/c1-15(2,3)9-13(17)16-11-5-6-12-10(8-11)4-7-14(18)19-12/h4-8H,9H2,1-3H3,(H,16,17). The van der Waals surface area contributed by atoms with Gasteiger partial charge in [0, 0.05) is 23.6 Å². The molecule has 0 aliphatic heterocycles. The second-order valence-electron chi connectivity index (χ2n) is 5.79. The summed E-state index contributed by atoms with van der Waals surface area (Å²) in [6.45, 7) is 6.05. The van der Waals surface area contributed by atoms with Gasteiger partial charge in [-0.25, -0.2) is 4.79 Å². The normalized spacial score (nSPS) is 11.5. The second kappa shape index (κ2) is 4.88. The molecule has 0 aliphatic rings. The SMILES string of the molecule is CC(C)(C)CC(=O)Nc1ccc2oc(=O)ccc2c1. The van der Waals surface area contributed by atoms with Crippen molar-refractivity contribution >= 4 is 22.6 Å². The van der Waals surface area contributed by atoms with Crippen LogP contribution in [0.3, 0.4) is 0 Å². The summed E-state index contributed by atoms with van der Waals surface area (Å²) in [6.07, 6.45) is 0.453. The molecule has 1 N–H and O–H groups in total. The van der Waals surface area contributed by atoms with Crippen LogP contribution in [-0.4, -0.2) is 5.91 Å². The molecule has 0 aliphatic carbocycles. The maximum atomic E-state index is 11.8. The Morgan fingerprint density at radius 2 is 1.95 bits per heavy atom. The minimum Gasteiger partial charge on any atom is -0.423 e. The van der Waals surface area contributed by atoms with Crippen LogP contribution in [0.25, 0.3) is 11.0 Å². The van der Waals surface area contributed by atoms with E-state index in [4.69, 9.17) is 4.42 Å². The molecule has 19 heavy (non-hydrogen) atoms. The zero-order valence-corrected chi connectivity index (χ0v) is 11.3. The van der Waals surface area contributed by atoms with E-state index in [9.17, 15) is 9.59 Å². The van der Waals surface area contributed by atoms with Crippen molar-refractivity contribution in [1.29, 1.82) is 0 Å². The van der Waals surface area contributed by atoms with Crippen LogP contribution in [0.15, 0.2) is 39.5 Å². The van der Waals surface area contributed by atoms with Crippen molar-refractivity contribution in [1.82, 2.24) is 0 Å². The van der Waals surface area contributed by atoms with Gasteiger partial charge in [-0.05, 0) is 29.7 Å². The molecule has 2 aromatic rings. The van der Waals surface area contributed by atoms with Crippen molar-refractivity contribution in [2.75, 3.05) is 5.32 Å². The Kier molecular flexibility index (Phi) is 3.42. The summed E-state index contributed by atoms with van der Waals surface area (Å²) in [7, 11) is 0. The Hall–Kier alpha value is -2.10. The lowest BCUT2D eigenvalue weighted by Gasteiger charge is -2.17. The molecule has 0 saturated heterocycles. The van der Waals surface area contributed by atoms with Gasteiger partial charge in [0.2, 0.25) is 5.91 Å². The molecule has 1 aromatic carbocycles. The first kappa shape index (κ1) is 13.3. The smallest absolute Gasteiger partial charge is 0.336 e. The third-order valence-electron chi connectivity index (χ3n) is 2.59. The Balaban J connectivity index is 2.20. The summed E-state index contributed by atoms with van der Waals surface area (Å²) in [5, 5.41) is 3.63. The van der Waals surface area contributed by atoms with E-state index in [-0.39, 0.29) is 16.9 Å². The number of nitrogens with one attached hydrogen (secondary N) is 1. The van der Waals surface area contributed by atoms with Gasteiger partial charge < -0.3 is 9.73 Å². The maximum absolute atomic E-state index is 11.8. The van der Waals surface area contributed by atoms with Crippen molar-refractivity contribution in [2.24, 2.45) is 5.41 Å². The Morgan fingerprint density at radius 3 is 2.63 bits per heavy atom. The lowest BCUT2D eigenvalue weighted by molar-refractivity contribution is -0.117. The fourth-order valence-corrected chi connectivity index (χ4v) is 1.84. The highest BCUT2D eigenvalue weighted by atomic mass is 16.4. The van der Waals surface area contributed by atoms with Crippen LogP contribution in [0.5, 0.6) is 0 Å². The van der Waals surface area contributed by atoms with E-state index in [1.807, 2.05) is 20.8 Å². The number of anilines is 1. The molecule has 0 bridgehead atoms. The molecule has 0 radical (unpaired) electrons. The van der Waals surface area contributed by atoms with Gasteiger partial charge in [0.15, 0.2) is 0 Å². The van der Waals surface area contributed by atoms with Gasteiger partial charge >= 0.3 is 5.63 Å². The van der Waals surface area contributed by atoms with Crippen LogP contribution in [0.1, 0.15) is 27.2 Å². The Morgan fingerprint density at radius 1 is 1.21 bits per heavy atom. The van der Waals surface area contributed by atoms with Crippen molar-refractivity contribution in [3.8, 4) is 0 Å². The van der Waals surface area contributed by atoms with E-state index >= 15 is 0 Å². The second-order valence-corrected chi connectivity index (χ2v) is 5.79. The number of fused-ring (bicyclic) bond motifs is 1. The first-order valence-electron chi connectivity index (χ1n) is 6.17. The number of carbonyl (C=O) groups excluding carboxylic acids is 1. The van der Waals surface area contributed by atoms with Gasteiger partial charge in [0.25, 0.3) is 0 Å².